The van der Waals surface area contributed by atoms with Crippen molar-refractivity contribution < 1.29 is 22.7 Å². The molecular weight excluding hydrogens is 343 g/mol. The third-order valence-corrected chi connectivity index (χ3v) is 3.74. The standard InChI is InChI=1S/C17H15ClF3NO2/c1-24-7-6-22(10-11-2-3-13(20)9-15(11)18)17(23)14-8-12(19)4-5-16(14)21/h2-5,8-9H,6-7,10H2,1H3. The van der Waals surface area contributed by atoms with Crippen LogP contribution in [0.4, 0.5) is 13.2 Å². The lowest BCUT2D eigenvalue weighted by Gasteiger charge is -2.23. The smallest absolute Gasteiger partial charge is 0.257 e. The van der Waals surface area contributed by atoms with Crippen molar-refractivity contribution in [3.8, 4) is 0 Å². The molecule has 0 aliphatic rings. The third kappa shape index (κ3) is 4.49. The summed E-state index contributed by atoms with van der Waals surface area (Å²) in [5.74, 6) is -2.75. The molecule has 0 atom stereocenters. The monoisotopic (exact) mass is 357 g/mol. The van der Waals surface area contributed by atoms with Gasteiger partial charge >= 0.3 is 0 Å². The van der Waals surface area contributed by atoms with Crippen LogP contribution in [0.1, 0.15) is 15.9 Å². The maximum Gasteiger partial charge on any atom is 0.257 e. The van der Waals surface area contributed by atoms with Crippen molar-refractivity contribution in [2.24, 2.45) is 0 Å². The molecule has 2 aromatic carbocycles. The van der Waals surface area contributed by atoms with E-state index in [1.165, 1.54) is 24.1 Å². The highest BCUT2D eigenvalue weighted by molar-refractivity contribution is 6.31. The molecule has 0 fully saturated rings. The van der Waals surface area contributed by atoms with E-state index in [9.17, 15) is 18.0 Å². The summed E-state index contributed by atoms with van der Waals surface area (Å²) in [6, 6.07) is 6.43. The van der Waals surface area contributed by atoms with E-state index in [4.69, 9.17) is 16.3 Å². The van der Waals surface area contributed by atoms with Gasteiger partial charge in [-0.25, -0.2) is 13.2 Å². The highest BCUT2D eigenvalue weighted by Gasteiger charge is 2.21. The number of benzene rings is 2. The summed E-state index contributed by atoms with van der Waals surface area (Å²) in [5, 5.41) is 0.143. The maximum atomic E-state index is 13.9. The summed E-state index contributed by atoms with van der Waals surface area (Å²) in [6.07, 6.45) is 0. The summed E-state index contributed by atoms with van der Waals surface area (Å²) in [5.41, 5.74) is 0.101. The van der Waals surface area contributed by atoms with Crippen LogP contribution < -0.4 is 0 Å². The first-order valence-corrected chi connectivity index (χ1v) is 7.47. The molecule has 0 saturated carbocycles. The molecule has 3 nitrogen and oxygen atoms in total. The molecule has 0 N–H and O–H groups in total. The van der Waals surface area contributed by atoms with Crippen LogP contribution in [0.2, 0.25) is 5.02 Å². The summed E-state index contributed by atoms with van der Waals surface area (Å²) in [6.45, 7) is 0.345. The Hall–Kier alpha value is -2.05. The Morgan fingerprint density at radius 1 is 1.12 bits per heavy atom. The van der Waals surface area contributed by atoms with Crippen LogP contribution in [0.15, 0.2) is 36.4 Å². The van der Waals surface area contributed by atoms with Crippen molar-refractivity contribution in [3.05, 3.63) is 70.0 Å². The van der Waals surface area contributed by atoms with Gasteiger partial charge in [0, 0.05) is 25.2 Å². The highest BCUT2D eigenvalue weighted by Crippen LogP contribution is 2.21. The van der Waals surface area contributed by atoms with Crippen molar-refractivity contribution in [1.29, 1.82) is 0 Å². The molecule has 0 spiro atoms. The predicted octanol–water partition coefficient (Wildman–Crippen LogP) is 4.05. The second-order valence-corrected chi connectivity index (χ2v) is 5.49. The molecule has 24 heavy (non-hydrogen) atoms. The van der Waals surface area contributed by atoms with E-state index < -0.39 is 23.4 Å². The lowest BCUT2D eigenvalue weighted by molar-refractivity contribution is 0.0675. The Morgan fingerprint density at radius 3 is 2.46 bits per heavy atom. The fraction of sp³-hybridized carbons (Fsp3) is 0.235. The number of halogens is 4. The molecule has 2 aromatic rings. The molecule has 0 aliphatic carbocycles. The molecule has 1 amide bonds. The fourth-order valence-corrected chi connectivity index (χ4v) is 2.37. The van der Waals surface area contributed by atoms with E-state index in [2.05, 4.69) is 0 Å². The van der Waals surface area contributed by atoms with Crippen LogP contribution in [-0.4, -0.2) is 31.1 Å². The fourth-order valence-electron chi connectivity index (χ4n) is 2.14. The first-order chi connectivity index (χ1) is 11.4. The van der Waals surface area contributed by atoms with Crippen LogP contribution >= 0.6 is 11.6 Å². The first kappa shape index (κ1) is 18.3. The Kier molecular flexibility index (Phi) is 6.23. The number of rotatable bonds is 6. The Balaban J connectivity index is 2.30. The Labute approximate surface area is 142 Å². The lowest BCUT2D eigenvalue weighted by atomic mass is 10.1. The van der Waals surface area contributed by atoms with E-state index >= 15 is 0 Å². The van der Waals surface area contributed by atoms with E-state index in [1.807, 2.05) is 0 Å². The molecule has 128 valence electrons. The average Bonchev–Trinajstić information content (AvgIpc) is 2.55. The molecule has 0 bridgehead atoms. The minimum atomic E-state index is -0.825. The molecule has 0 unspecified atom stereocenters. The van der Waals surface area contributed by atoms with Gasteiger partial charge in [0.1, 0.15) is 17.5 Å². The van der Waals surface area contributed by atoms with Crippen LogP contribution in [0.3, 0.4) is 0 Å². The molecule has 7 heteroatoms. The molecule has 0 aromatic heterocycles. The quantitative estimate of drug-likeness (QED) is 0.780. The number of amides is 1. The summed E-state index contributed by atoms with van der Waals surface area (Å²) in [7, 11) is 1.45. The van der Waals surface area contributed by atoms with Gasteiger partial charge in [-0.1, -0.05) is 17.7 Å². The number of methoxy groups -OCH3 is 1. The first-order valence-electron chi connectivity index (χ1n) is 7.09. The molecule has 0 aliphatic heterocycles. The zero-order valence-corrected chi connectivity index (χ0v) is 13.6. The minimum absolute atomic E-state index is 0.0112. The number of nitrogens with zero attached hydrogens (tertiary/aromatic N) is 1. The average molecular weight is 358 g/mol. The zero-order valence-electron chi connectivity index (χ0n) is 12.9. The van der Waals surface area contributed by atoms with Crippen LogP contribution in [0.5, 0.6) is 0 Å². The van der Waals surface area contributed by atoms with Gasteiger partial charge in [0.25, 0.3) is 5.91 Å². The number of ether oxygens (including phenoxy) is 1. The highest BCUT2D eigenvalue weighted by atomic mass is 35.5. The van der Waals surface area contributed by atoms with Gasteiger partial charge in [-0.05, 0) is 35.9 Å². The second kappa shape index (κ2) is 8.17. The minimum Gasteiger partial charge on any atom is -0.383 e. The number of carbonyl (C=O) groups excluding carboxylic acids is 1. The third-order valence-electron chi connectivity index (χ3n) is 3.39. The van der Waals surface area contributed by atoms with Gasteiger partial charge in [-0.3, -0.25) is 4.79 Å². The normalized spacial score (nSPS) is 10.7. The molecule has 0 radical (unpaired) electrons. The zero-order chi connectivity index (χ0) is 17.7. The SMILES string of the molecule is COCCN(Cc1ccc(F)cc1Cl)C(=O)c1cc(F)ccc1F. The van der Waals surface area contributed by atoms with Crippen LogP contribution in [-0.2, 0) is 11.3 Å². The van der Waals surface area contributed by atoms with E-state index in [0.717, 1.165) is 24.3 Å². The van der Waals surface area contributed by atoms with Crippen LogP contribution in [0.25, 0.3) is 0 Å². The van der Waals surface area contributed by atoms with Crippen molar-refractivity contribution in [2.75, 3.05) is 20.3 Å². The van der Waals surface area contributed by atoms with Crippen molar-refractivity contribution >= 4 is 17.5 Å². The largest absolute Gasteiger partial charge is 0.383 e. The second-order valence-electron chi connectivity index (χ2n) is 5.08. The van der Waals surface area contributed by atoms with Gasteiger partial charge in [0.2, 0.25) is 0 Å². The van der Waals surface area contributed by atoms with E-state index in [1.54, 1.807) is 0 Å². The molecule has 0 heterocycles. The van der Waals surface area contributed by atoms with E-state index in [-0.39, 0.29) is 30.3 Å². The van der Waals surface area contributed by atoms with Gasteiger partial charge in [-0.15, -0.1) is 0 Å². The topological polar surface area (TPSA) is 29.5 Å². The molecule has 0 saturated heterocycles. The van der Waals surface area contributed by atoms with Crippen molar-refractivity contribution in [3.63, 3.8) is 0 Å². The summed E-state index contributed by atoms with van der Waals surface area (Å²) >= 11 is 5.97. The Bertz CT molecular complexity index is 740. The number of carbonyl (C=O) groups is 1. The van der Waals surface area contributed by atoms with E-state index in [0.29, 0.717) is 5.56 Å². The van der Waals surface area contributed by atoms with Crippen molar-refractivity contribution in [2.45, 2.75) is 6.54 Å². The molecular formula is C17H15ClF3NO2. The molecule has 2 rings (SSSR count). The number of hydrogen-bond donors (Lipinski definition) is 0. The van der Waals surface area contributed by atoms with Gasteiger partial charge in [0.15, 0.2) is 0 Å². The van der Waals surface area contributed by atoms with Gasteiger partial charge < -0.3 is 9.64 Å². The summed E-state index contributed by atoms with van der Waals surface area (Å²) in [4.78, 5) is 13.8. The lowest BCUT2D eigenvalue weighted by Crippen LogP contribution is -2.34. The summed E-state index contributed by atoms with van der Waals surface area (Å²) < 4.78 is 45.3. The Morgan fingerprint density at radius 2 is 1.79 bits per heavy atom. The maximum absolute atomic E-state index is 13.9. The van der Waals surface area contributed by atoms with Crippen molar-refractivity contribution in [1.82, 2.24) is 4.90 Å². The number of hydrogen-bond acceptors (Lipinski definition) is 2. The predicted molar refractivity (Wildman–Crippen MR) is 84.4 cm³/mol. The van der Waals surface area contributed by atoms with Gasteiger partial charge in [-0.2, -0.15) is 0 Å². The van der Waals surface area contributed by atoms with Crippen LogP contribution in [0, 0.1) is 17.5 Å². The van der Waals surface area contributed by atoms with Gasteiger partial charge in [0.05, 0.1) is 12.2 Å².